The van der Waals surface area contributed by atoms with Crippen molar-refractivity contribution in [1.29, 1.82) is 0 Å². The molecule has 0 spiro atoms. The number of Topliss-reactive ketones (excluding diaryl/α,β-unsaturated/α-hetero) is 1. The van der Waals surface area contributed by atoms with E-state index in [4.69, 9.17) is 16.7 Å². The van der Waals surface area contributed by atoms with Crippen LogP contribution in [0.5, 0.6) is 0 Å². The highest BCUT2D eigenvalue weighted by atomic mass is 35.5. The Hall–Kier alpha value is -2.60. The summed E-state index contributed by atoms with van der Waals surface area (Å²) in [5, 5.41) is 11.5. The molecule has 114 valence electrons. The van der Waals surface area contributed by atoms with Gasteiger partial charge >= 0.3 is 5.97 Å². The lowest BCUT2D eigenvalue weighted by Crippen LogP contribution is -2.15. The Labute approximate surface area is 131 Å². The van der Waals surface area contributed by atoms with E-state index in [1.54, 1.807) is 17.8 Å². The maximum atomic E-state index is 12.2. The van der Waals surface area contributed by atoms with Gasteiger partial charge in [-0.3, -0.25) is 9.59 Å². The van der Waals surface area contributed by atoms with E-state index >= 15 is 0 Å². The Bertz CT molecular complexity index is 780. The molecule has 1 aromatic carbocycles. The van der Waals surface area contributed by atoms with E-state index < -0.39 is 11.9 Å². The fraction of sp³-hybridized carbons (Fsp3) is 0.133. The van der Waals surface area contributed by atoms with Crippen LogP contribution < -0.4 is 5.32 Å². The molecule has 1 heterocycles. The highest BCUT2D eigenvalue weighted by molar-refractivity contribution is 6.33. The van der Waals surface area contributed by atoms with E-state index in [0.717, 1.165) is 0 Å². The van der Waals surface area contributed by atoms with Gasteiger partial charge in [-0.2, -0.15) is 0 Å². The van der Waals surface area contributed by atoms with Crippen molar-refractivity contribution in [2.75, 3.05) is 5.32 Å². The lowest BCUT2D eigenvalue weighted by molar-refractivity contribution is 0.0696. The van der Waals surface area contributed by atoms with Gasteiger partial charge in [0.25, 0.3) is 5.91 Å². The second kappa shape index (κ2) is 6.03. The number of benzene rings is 1. The van der Waals surface area contributed by atoms with Gasteiger partial charge in [-0.1, -0.05) is 11.6 Å². The third kappa shape index (κ3) is 3.17. The van der Waals surface area contributed by atoms with Crippen LogP contribution in [0, 0.1) is 0 Å². The number of carbonyl (C=O) groups excluding carboxylic acids is 2. The first-order chi connectivity index (χ1) is 10.3. The molecule has 1 amide bonds. The maximum Gasteiger partial charge on any atom is 0.337 e. The van der Waals surface area contributed by atoms with E-state index in [9.17, 15) is 14.4 Å². The topological polar surface area (TPSA) is 88.4 Å². The van der Waals surface area contributed by atoms with Gasteiger partial charge in [-0.25, -0.2) is 4.79 Å². The predicted octanol–water partition coefficient (Wildman–Crippen LogP) is 2.83. The van der Waals surface area contributed by atoms with Gasteiger partial charge in [-0.15, -0.1) is 0 Å². The zero-order chi connectivity index (χ0) is 16.4. The maximum absolute atomic E-state index is 12.2. The Morgan fingerprint density at radius 1 is 1.23 bits per heavy atom. The molecule has 0 aliphatic heterocycles. The minimum absolute atomic E-state index is 0.0293. The number of aromatic nitrogens is 1. The molecule has 0 radical (unpaired) electrons. The molecule has 0 atom stereocenters. The number of anilines is 1. The number of nitrogens with zero attached hydrogens (tertiary/aromatic N) is 1. The van der Waals surface area contributed by atoms with Crippen molar-refractivity contribution in [2.24, 2.45) is 7.05 Å². The number of hydrogen-bond acceptors (Lipinski definition) is 3. The van der Waals surface area contributed by atoms with Crippen LogP contribution in [0.25, 0.3) is 0 Å². The van der Waals surface area contributed by atoms with Crippen molar-refractivity contribution in [1.82, 2.24) is 4.57 Å². The van der Waals surface area contributed by atoms with Gasteiger partial charge < -0.3 is 15.0 Å². The lowest BCUT2D eigenvalue weighted by Gasteiger charge is -2.07. The van der Waals surface area contributed by atoms with Crippen LogP contribution in [0.3, 0.4) is 0 Å². The normalized spacial score (nSPS) is 10.3. The number of carboxylic acids is 1. The summed E-state index contributed by atoms with van der Waals surface area (Å²) >= 11 is 5.85. The van der Waals surface area contributed by atoms with Crippen molar-refractivity contribution < 1.29 is 19.5 Å². The van der Waals surface area contributed by atoms with E-state index in [1.807, 2.05) is 0 Å². The van der Waals surface area contributed by atoms with Crippen LogP contribution in [-0.4, -0.2) is 27.3 Å². The largest absolute Gasteiger partial charge is 0.478 e. The Morgan fingerprint density at radius 2 is 1.91 bits per heavy atom. The molecule has 0 saturated heterocycles. The van der Waals surface area contributed by atoms with Crippen LogP contribution in [0.2, 0.25) is 5.02 Å². The summed E-state index contributed by atoms with van der Waals surface area (Å²) in [7, 11) is 1.65. The highest BCUT2D eigenvalue weighted by Crippen LogP contribution is 2.21. The summed E-state index contributed by atoms with van der Waals surface area (Å²) in [4.78, 5) is 34.4. The zero-order valence-corrected chi connectivity index (χ0v) is 12.6. The summed E-state index contributed by atoms with van der Waals surface area (Å²) in [6, 6.07) is 5.61. The zero-order valence-electron chi connectivity index (χ0n) is 11.9. The molecule has 0 saturated carbocycles. The number of aromatic carboxylic acids is 1. The van der Waals surface area contributed by atoms with Crippen molar-refractivity contribution in [3.8, 4) is 0 Å². The Morgan fingerprint density at radius 3 is 2.41 bits per heavy atom. The third-order valence-corrected chi connectivity index (χ3v) is 3.41. The number of carbonyl (C=O) groups is 3. The molecule has 2 rings (SSSR count). The second-order valence-electron chi connectivity index (χ2n) is 4.74. The third-order valence-electron chi connectivity index (χ3n) is 3.10. The number of carboxylic acid groups (broad SMARTS) is 1. The van der Waals surface area contributed by atoms with Crippen molar-refractivity contribution in [3.63, 3.8) is 0 Å². The number of rotatable bonds is 4. The van der Waals surface area contributed by atoms with Gasteiger partial charge in [0, 0.05) is 24.5 Å². The second-order valence-corrected chi connectivity index (χ2v) is 5.14. The van der Waals surface area contributed by atoms with Crippen LogP contribution in [0.4, 0.5) is 5.69 Å². The molecule has 6 nitrogen and oxygen atoms in total. The average Bonchev–Trinajstić information content (AvgIpc) is 2.80. The summed E-state index contributed by atoms with van der Waals surface area (Å²) in [5.41, 5.74) is 1.07. The monoisotopic (exact) mass is 320 g/mol. The van der Waals surface area contributed by atoms with Gasteiger partial charge in [0.05, 0.1) is 10.6 Å². The number of nitrogens with one attached hydrogen (secondary N) is 1. The average molecular weight is 321 g/mol. The molecule has 2 aromatic rings. The minimum atomic E-state index is -1.14. The summed E-state index contributed by atoms with van der Waals surface area (Å²) in [5.74, 6) is -1.70. The molecule has 0 aliphatic carbocycles. The van der Waals surface area contributed by atoms with Gasteiger partial charge in [0.15, 0.2) is 5.78 Å². The van der Waals surface area contributed by atoms with Gasteiger partial charge in [0.2, 0.25) is 0 Å². The molecule has 22 heavy (non-hydrogen) atoms. The van der Waals surface area contributed by atoms with Crippen LogP contribution in [-0.2, 0) is 7.05 Å². The standard InChI is InChI=1S/C15H13ClN2O4/c1-8(19)9-5-13(18(2)7-9)14(20)17-10-3-4-11(15(21)22)12(16)6-10/h3-7H,1-2H3,(H,17,20)(H,21,22). The minimum Gasteiger partial charge on any atom is -0.478 e. The molecular weight excluding hydrogens is 308 g/mol. The number of amides is 1. The number of ketones is 1. The van der Waals surface area contributed by atoms with Gasteiger partial charge in [0.1, 0.15) is 5.69 Å². The van der Waals surface area contributed by atoms with Crippen LogP contribution in [0.15, 0.2) is 30.5 Å². The van der Waals surface area contributed by atoms with E-state index in [1.165, 1.54) is 31.2 Å². The molecule has 7 heteroatoms. The van der Waals surface area contributed by atoms with E-state index in [2.05, 4.69) is 5.32 Å². The molecular formula is C15H13ClN2O4. The Kier molecular flexibility index (Phi) is 4.32. The molecule has 0 aliphatic rings. The quantitative estimate of drug-likeness (QED) is 0.848. The fourth-order valence-corrected chi connectivity index (χ4v) is 2.21. The fourth-order valence-electron chi connectivity index (χ4n) is 1.94. The van der Waals surface area contributed by atoms with E-state index in [-0.39, 0.29) is 16.4 Å². The van der Waals surface area contributed by atoms with Crippen LogP contribution >= 0.6 is 11.6 Å². The molecule has 1 aromatic heterocycles. The van der Waals surface area contributed by atoms with Crippen molar-refractivity contribution in [3.05, 3.63) is 52.3 Å². The molecule has 2 N–H and O–H groups in total. The highest BCUT2D eigenvalue weighted by Gasteiger charge is 2.15. The first kappa shape index (κ1) is 15.8. The van der Waals surface area contributed by atoms with Gasteiger partial charge in [-0.05, 0) is 31.2 Å². The first-order valence-electron chi connectivity index (χ1n) is 6.31. The number of halogens is 1. The van der Waals surface area contributed by atoms with E-state index in [0.29, 0.717) is 16.9 Å². The first-order valence-corrected chi connectivity index (χ1v) is 6.69. The molecule has 0 unspecified atom stereocenters. The predicted molar refractivity (Wildman–Crippen MR) is 81.8 cm³/mol. The number of aryl methyl sites for hydroxylation is 1. The van der Waals surface area contributed by atoms with Crippen molar-refractivity contribution in [2.45, 2.75) is 6.92 Å². The number of hydrogen-bond donors (Lipinski definition) is 2. The summed E-state index contributed by atoms with van der Waals surface area (Å²) in [6.07, 6.45) is 1.57. The molecule has 0 bridgehead atoms. The molecule has 0 fully saturated rings. The summed E-state index contributed by atoms with van der Waals surface area (Å²) < 4.78 is 1.54. The Balaban J connectivity index is 2.24. The smallest absolute Gasteiger partial charge is 0.337 e. The lowest BCUT2D eigenvalue weighted by atomic mass is 10.2. The van der Waals surface area contributed by atoms with Crippen LogP contribution in [0.1, 0.15) is 38.1 Å². The SMILES string of the molecule is CC(=O)c1cc(C(=O)Nc2ccc(C(=O)O)c(Cl)c2)n(C)c1. The summed E-state index contributed by atoms with van der Waals surface area (Å²) in [6.45, 7) is 1.42. The van der Waals surface area contributed by atoms with Crippen molar-refractivity contribution >= 4 is 34.9 Å².